The lowest BCUT2D eigenvalue weighted by molar-refractivity contribution is 0.315. The fraction of sp³-hybridized carbons (Fsp3) is 0.444. The monoisotopic (exact) mass is 197 g/mol. The first kappa shape index (κ1) is 10.6. The van der Waals surface area contributed by atoms with Crippen molar-refractivity contribution in [3.63, 3.8) is 0 Å². The second-order valence-corrected chi connectivity index (χ2v) is 3.16. The van der Waals surface area contributed by atoms with E-state index < -0.39 is 0 Å². The van der Waals surface area contributed by atoms with E-state index in [1.807, 2.05) is 19.1 Å². The van der Waals surface area contributed by atoms with Crippen molar-refractivity contribution in [2.24, 2.45) is 10.9 Å². The zero-order chi connectivity index (χ0) is 10.4. The summed E-state index contributed by atoms with van der Waals surface area (Å²) in [4.78, 5) is 0. The van der Waals surface area contributed by atoms with Crippen molar-refractivity contribution in [3.8, 4) is 0 Å². The van der Waals surface area contributed by atoms with E-state index in [9.17, 15) is 0 Å². The molecule has 1 heterocycles. The summed E-state index contributed by atoms with van der Waals surface area (Å²) in [6.07, 6.45) is 2.14. The summed E-state index contributed by atoms with van der Waals surface area (Å²) >= 11 is 0. The minimum absolute atomic E-state index is 0.149. The first-order valence-electron chi connectivity index (χ1n) is 4.44. The molecule has 78 valence electrons. The molecule has 4 N–H and O–H groups in total. The quantitative estimate of drug-likeness (QED) is 0.283. The molecule has 0 aromatic carbocycles. The van der Waals surface area contributed by atoms with Crippen LogP contribution >= 0.6 is 0 Å². The van der Waals surface area contributed by atoms with Gasteiger partial charge in [-0.3, -0.25) is 0 Å². The molecular formula is C9H15N3O2. The lowest BCUT2D eigenvalue weighted by Gasteiger charge is -2.11. The number of rotatable bonds is 5. The molecule has 0 aliphatic carbocycles. The van der Waals surface area contributed by atoms with Gasteiger partial charge in [-0.1, -0.05) is 5.16 Å². The number of nitrogens with one attached hydrogen (secondary N) is 1. The smallest absolute Gasteiger partial charge is 0.140 e. The standard InChI is InChI=1S/C9H15N3O2/c1-7(5-9(10)12-13)11-6-8-3-2-4-14-8/h2-4,7,11,13H,5-6H2,1H3,(H2,10,12). The van der Waals surface area contributed by atoms with Crippen molar-refractivity contribution in [3.05, 3.63) is 24.2 Å². The molecule has 0 amide bonds. The van der Waals surface area contributed by atoms with Crippen LogP contribution in [0, 0.1) is 0 Å². The number of nitrogens with zero attached hydrogens (tertiary/aromatic N) is 1. The Morgan fingerprint density at radius 3 is 3.14 bits per heavy atom. The fourth-order valence-electron chi connectivity index (χ4n) is 1.11. The average Bonchev–Trinajstić information content (AvgIpc) is 2.67. The average molecular weight is 197 g/mol. The van der Waals surface area contributed by atoms with Crippen molar-refractivity contribution in [2.45, 2.75) is 25.9 Å². The predicted octanol–water partition coefficient (Wildman–Crippen LogP) is 0.894. The first-order valence-corrected chi connectivity index (χ1v) is 4.44. The van der Waals surface area contributed by atoms with Crippen LogP contribution in [0.3, 0.4) is 0 Å². The van der Waals surface area contributed by atoms with E-state index in [2.05, 4.69) is 10.5 Å². The highest BCUT2D eigenvalue weighted by Gasteiger charge is 2.05. The summed E-state index contributed by atoms with van der Waals surface area (Å²) in [5, 5.41) is 14.4. The second-order valence-electron chi connectivity index (χ2n) is 3.16. The van der Waals surface area contributed by atoms with Gasteiger partial charge in [-0.25, -0.2) is 0 Å². The van der Waals surface area contributed by atoms with Gasteiger partial charge in [0.15, 0.2) is 0 Å². The van der Waals surface area contributed by atoms with E-state index in [-0.39, 0.29) is 11.9 Å². The summed E-state index contributed by atoms with van der Waals surface area (Å²) in [7, 11) is 0. The number of amidine groups is 1. The Balaban J connectivity index is 2.25. The van der Waals surface area contributed by atoms with E-state index in [1.54, 1.807) is 6.26 Å². The summed E-state index contributed by atoms with van der Waals surface area (Å²) in [6, 6.07) is 3.88. The number of furan rings is 1. The zero-order valence-corrected chi connectivity index (χ0v) is 8.10. The van der Waals surface area contributed by atoms with Gasteiger partial charge in [-0.15, -0.1) is 0 Å². The van der Waals surface area contributed by atoms with Crippen molar-refractivity contribution in [2.75, 3.05) is 0 Å². The zero-order valence-electron chi connectivity index (χ0n) is 8.10. The molecular weight excluding hydrogens is 182 g/mol. The normalized spacial score (nSPS) is 14.2. The van der Waals surface area contributed by atoms with Gasteiger partial charge in [0, 0.05) is 12.5 Å². The van der Waals surface area contributed by atoms with Gasteiger partial charge in [0.2, 0.25) is 0 Å². The summed E-state index contributed by atoms with van der Waals surface area (Å²) in [6.45, 7) is 2.61. The van der Waals surface area contributed by atoms with Crippen LogP contribution in [-0.2, 0) is 6.54 Å². The highest BCUT2D eigenvalue weighted by molar-refractivity contribution is 5.80. The van der Waals surface area contributed by atoms with Crippen LogP contribution in [-0.4, -0.2) is 17.1 Å². The molecule has 5 heteroatoms. The van der Waals surface area contributed by atoms with E-state index >= 15 is 0 Å². The molecule has 5 nitrogen and oxygen atoms in total. The molecule has 0 fully saturated rings. The third-order valence-corrected chi connectivity index (χ3v) is 1.85. The largest absolute Gasteiger partial charge is 0.468 e. The molecule has 1 unspecified atom stereocenters. The maximum Gasteiger partial charge on any atom is 0.140 e. The molecule has 0 spiro atoms. The second kappa shape index (κ2) is 5.29. The molecule has 0 bridgehead atoms. The molecule has 1 aromatic rings. The topological polar surface area (TPSA) is 83.8 Å². The van der Waals surface area contributed by atoms with Crippen LogP contribution in [0.1, 0.15) is 19.1 Å². The van der Waals surface area contributed by atoms with Crippen molar-refractivity contribution in [1.29, 1.82) is 0 Å². The summed E-state index contributed by atoms with van der Waals surface area (Å²) < 4.78 is 5.14. The lowest BCUT2D eigenvalue weighted by atomic mass is 10.2. The molecule has 1 atom stereocenters. The van der Waals surface area contributed by atoms with Crippen LogP contribution in [0.15, 0.2) is 28.0 Å². The van der Waals surface area contributed by atoms with Crippen molar-refractivity contribution < 1.29 is 9.62 Å². The maximum absolute atomic E-state index is 8.35. The Labute approximate surface area is 82.6 Å². The van der Waals surface area contributed by atoms with Gasteiger partial charge in [-0.2, -0.15) is 0 Å². The van der Waals surface area contributed by atoms with E-state index in [4.69, 9.17) is 15.4 Å². The number of hydrogen-bond donors (Lipinski definition) is 3. The van der Waals surface area contributed by atoms with Crippen LogP contribution < -0.4 is 11.1 Å². The highest BCUT2D eigenvalue weighted by Crippen LogP contribution is 2.00. The molecule has 0 saturated heterocycles. The first-order chi connectivity index (χ1) is 6.72. The third kappa shape index (κ3) is 3.49. The molecule has 14 heavy (non-hydrogen) atoms. The molecule has 0 aliphatic heterocycles. The number of hydrogen-bond acceptors (Lipinski definition) is 4. The van der Waals surface area contributed by atoms with Crippen LogP contribution in [0.2, 0.25) is 0 Å². The SMILES string of the molecule is CC(CC(N)=NO)NCc1ccco1. The van der Waals surface area contributed by atoms with Crippen LogP contribution in [0.4, 0.5) is 0 Å². The highest BCUT2D eigenvalue weighted by atomic mass is 16.4. The molecule has 0 radical (unpaired) electrons. The molecule has 1 rings (SSSR count). The molecule has 1 aromatic heterocycles. The van der Waals surface area contributed by atoms with Gasteiger partial charge in [-0.05, 0) is 19.1 Å². The Bertz CT molecular complexity index is 282. The van der Waals surface area contributed by atoms with Gasteiger partial charge in [0.1, 0.15) is 11.6 Å². The lowest BCUT2D eigenvalue weighted by Crippen LogP contribution is -2.30. The Hall–Kier alpha value is -1.49. The van der Waals surface area contributed by atoms with Crippen molar-refractivity contribution >= 4 is 5.84 Å². The summed E-state index contributed by atoms with van der Waals surface area (Å²) in [5.41, 5.74) is 5.36. The van der Waals surface area contributed by atoms with Gasteiger partial charge >= 0.3 is 0 Å². The van der Waals surface area contributed by atoms with Crippen molar-refractivity contribution in [1.82, 2.24) is 5.32 Å². The van der Waals surface area contributed by atoms with E-state index in [0.29, 0.717) is 13.0 Å². The molecule has 0 saturated carbocycles. The van der Waals surface area contributed by atoms with Gasteiger partial charge < -0.3 is 20.7 Å². The third-order valence-electron chi connectivity index (χ3n) is 1.85. The minimum atomic E-state index is 0.149. The van der Waals surface area contributed by atoms with E-state index in [1.165, 1.54) is 0 Å². The Kier molecular flexibility index (Phi) is 4.00. The Morgan fingerprint density at radius 2 is 2.57 bits per heavy atom. The Morgan fingerprint density at radius 1 is 1.79 bits per heavy atom. The van der Waals surface area contributed by atoms with Crippen LogP contribution in [0.5, 0.6) is 0 Å². The van der Waals surface area contributed by atoms with Crippen LogP contribution in [0.25, 0.3) is 0 Å². The number of oxime groups is 1. The summed E-state index contributed by atoms with van der Waals surface area (Å²) in [5.74, 6) is 1.10. The van der Waals surface area contributed by atoms with E-state index in [0.717, 1.165) is 5.76 Å². The molecule has 0 aliphatic rings. The predicted molar refractivity (Wildman–Crippen MR) is 53.0 cm³/mol. The van der Waals surface area contributed by atoms with Gasteiger partial charge in [0.05, 0.1) is 12.8 Å². The fourth-order valence-corrected chi connectivity index (χ4v) is 1.11. The van der Waals surface area contributed by atoms with Gasteiger partial charge in [0.25, 0.3) is 0 Å². The maximum atomic E-state index is 8.35. The minimum Gasteiger partial charge on any atom is -0.468 e. The number of nitrogens with two attached hydrogens (primary N) is 1.